The molecule has 2 heterocycles. The summed E-state index contributed by atoms with van der Waals surface area (Å²) in [6.45, 7) is 6.66. The van der Waals surface area contributed by atoms with Gasteiger partial charge in [0.15, 0.2) is 5.65 Å². The van der Waals surface area contributed by atoms with E-state index in [-0.39, 0.29) is 17.7 Å². The SMILES string of the molecule is CCC(CC)(CO)CNc1cc2n[nH]c(=O)n2c(C)n1. The Hall–Kier alpha value is -1.89. The van der Waals surface area contributed by atoms with Gasteiger partial charge in [0, 0.05) is 18.0 Å². The third kappa shape index (κ3) is 2.53. The Kier molecular flexibility index (Phi) is 4.08. The first-order valence-electron chi connectivity index (χ1n) is 6.84. The minimum atomic E-state index is -0.289. The number of fused-ring (bicyclic) bond motifs is 1. The van der Waals surface area contributed by atoms with E-state index in [1.807, 2.05) is 0 Å². The Balaban J connectivity index is 2.24. The second kappa shape index (κ2) is 5.62. The maximum absolute atomic E-state index is 11.5. The summed E-state index contributed by atoms with van der Waals surface area (Å²) >= 11 is 0. The van der Waals surface area contributed by atoms with Crippen molar-refractivity contribution in [2.75, 3.05) is 18.5 Å². The van der Waals surface area contributed by atoms with Crippen LogP contribution in [0.4, 0.5) is 5.82 Å². The fourth-order valence-corrected chi connectivity index (χ4v) is 2.25. The molecule has 0 bridgehead atoms. The number of nitrogens with zero attached hydrogens (tertiary/aromatic N) is 3. The smallest absolute Gasteiger partial charge is 0.349 e. The summed E-state index contributed by atoms with van der Waals surface area (Å²) in [4.78, 5) is 15.9. The molecule has 3 N–H and O–H groups in total. The van der Waals surface area contributed by atoms with Crippen LogP contribution in [-0.2, 0) is 0 Å². The second-order valence-corrected chi connectivity index (χ2v) is 5.13. The van der Waals surface area contributed by atoms with E-state index in [2.05, 4.69) is 34.3 Å². The van der Waals surface area contributed by atoms with Crippen LogP contribution in [0.15, 0.2) is 10.9 Å². The first-order chi connectivity index (χ1) is 9.55. The van der Waals surface area contributed by atoms with Crippen LogP contribution in [0.25, 0.3) is 5.65 Å². The molecule has 0 aromatic carbocycles. The number of nitrogens with one attached hydrogen (secondary N) is 2. The van der Waals surface area contributed by atoms with Crippen LogP contribution in [0.1, 0.15) is 32.5 Å². The molecule has 0 radical (unpaired) electrons. The Morgan fingerprint density at radius 1 is 1.45 bits per heavy atom. The average molecular weight is 279 g/mol. The van der Waals surface area contributed by atoms with Gasteiger partial charge in [0.05, 0.1) is 6.61 Å². The molecule has 20 heavy (non-hydrogen) atoms. The fraction of sp³-hybridized carbons (Fsp3) is 0.615. The molecule has 7 heteroatoms. The van der Waals surface area contributed by atoms with Crippen molar-refractivity contribution in [1.29, 1.82) is 0 Å². The lowest BCUT2D eigenvalue weighted by molar-refractivity contribution is 0.127. The Morgan fingerprint density at radius 2 is 2.15 bits per heavy atom. The number of aryl methyl sites for hydroxylation is 1. The number of aromatic amines is 1. The number of hydrogen-bond donors (Lipinski definition) is 3. The number of aliphatic hydroxyl groups is 1. The topological polar surface area (TPSA) is 95.3 Å². The van der Waals surface area contributed by atoms with Crippen LogP contribution >= 0.6 is 0 Å². The lowest BCUT2D eigenvalue weighted by atomic mass is 9.83. The lowest BCUT2D eigenvalue weighted by Gasteiger charge is -2.29. The zero-order valence-corrected chi connectivity index (χ0v) is 12.1. The minimum Gasteiger partial charge on any atom is -0.396 e. The maximum Gasteiger partial charge on any atom is 0.349 e. The van der Waals surface area contributed by atoms with Gasteiger partial charge in [-0.15, -0.1) is 0 Å². The average Bonchev–Trinajstić information content (AvgIpc) is 2.83. The van der Waals surface area contributed by atoms with E-state index in [1.54, 1.807) is 13.0 Å². The van der Waals surface area contributed by atoms with E-state index < -0.39 is 0 Å². The normalized spacial score (nSPS) is 12.0. The number of rotatable bonds is 6. The molecule has 110 valence electrons. The largest absolute Gasteiger partial charge is 0.396 e. The van der Waals surface area contributed by atoms with Crippen molar-refractivity contribution in [2.24, 2.45) is 5.41 Å². The molecule has 0 aliphatic rings. The standard InChI is InChI=1S/C13H21N5O2/c1-4-13(5-2,8-19)7-14-10-6-11-16-17-12(20)18(11)9(3)15-10/h6,14,19H,4-5,7-8H2,1-3H3,(H,17,20). The first-order valence-corrected chi connectivity index (χ1v) is 6.84. The Bertz CT molecular complexity index is 633. The highest BCUT2D eigenvalue weighted by molar-refractivity contribution is 5.49. The number of hydrogen-bond acceptors (Lipinski definition) is 5. The van der Waals surface area contributed by atoms with Gasteiger partial charge in [0.2, 0.25) is 0 Å². The van der Waals surface area contributed by atoms with Crippen LogP contribution < -0.4 is 11.0 Å². The fourth-order valence-electron chi connectivity index (χ4n) is 2.25. The van der Waals surface area contributed by atoms with Crippen molar-refractivity contribution < 1.29 is 5.11 Å². The third-order valence-corrected chi connectivity index (χ3v) is 4.05. The van der Waals surface area contributed by atoms with Crippen LogP contribution in [-0.4, -0.2) is 37.8 Å². The van der Waals surface area contributed by atoms with E-state index in [0.29, 0.717) is 23.8 Å². The predicted molar refractivity (Wildman–Crippen MR) is 76.9 cm³/mol. The lowest BCUT2D eigenvalue weighted by Crippen LogP contribution is -2.32. The number of aromatic nitrogens is 4. The molecule has 2 aromatic heterocycles. The molecule has 0 spiro atoms. The van der Waals surface area contributed by atoms with Crippen molar-refractivity contribution >= 4 is 11.5 Å². The molecule has 0 unspecified atom stereocenters. The highest BCUT2D eigenvalue weighted by Gasteiger charge is 2.25. The van der Waals surface area contributed by atoms with E-state index >= 15 is 0 Å². The molecule has 7 nitrogen and oxygen atoms in total. The summed E-state index contributed by atoms with van der Waals surface area (Å²) in [6.07, 6.45) is 1.77. The van der Waals surface area contributed by atoms with Crippen molar-refractivity contribution in [2.45, 2.75) is 33.6 Å². The molecule has 0 amide bonds. The zero-order chi connectivity index (χ0) is 14.8. The van der Waals surface area contributed by atoms with Crippen molar-refractivity contribution in [3.05, 3.63) is 22.4 Å². The molecule has 0 aliphatic carbocycles. The van der Waals surface area contributed by atoms with E-state index in [9.17, 15) is 9.90 Å². The highest BCUT2D eigenvalue weighted by Crippen LogP contribution is 2.25. The monoisotopic (exact) mass is 279 g/mol. The Labute approximate surface area is 117 Å². The van der Waals surface area contributed by atoms with Gasteiger partial charge in [0.25, 0.3) is 0 Å². The summed E-state index contributed by atoms with van der Waals surface area (Å²) in [5, 5.41) is 19.1. The van der Waals surface area contributed by atoms with E-state index in [4.69, 9.17) is 0 Å². The van der Waals surface area contributed by atoms with Gasteiger partial charge in [-0.3, -0.25) is 0 Å². The van der Waals surface area contributed by atoms with Gasteiger partial charge in [-0.2, -0.15) is 5.10 Å². The molecule has 0 aliphatic heterocycles. The van der Waals surface area contributed by atoms with Gasteiger partial charge >= 0.3 is 5.69 Å². The summed E-state index contributed by atoms with van der Waals surface area (Å²) in [6, 6.07) is 1.72. The van der Waals surface area contributed by atoms with Gasteiger partial charge in [-0.1, -0.05) is 13.8 Å². The van der Waals surface area contributed by atoms with Gasteiger partial charge in [-0.05, 0) is 19.8 Å². The number of H-pyrrole nitrogens is 1. The minimum absolute atomic E-state index is 0.135. The molecular formula is C13H21N5O2. The van der Waals surface area contributed by atoms with Gasteiger partial charge in [0.1, 0.15) is 11.6 Å². The first kappa shape index (κ1) is 14.5. The molecule has 0 saturated heterocycles. The number of aliphatic hydroxyl groups excluding tert-OH is 1. The van der Waals surface area contributed by atoms with Crippen molar-refractivity contribution in [1.82, 2.24) is 19.6 Å². The molecular weight excluding hydrogens is 258 g/mol. The second-order valence-electron chi connectivity index (χ2n) is 5.13. The summed E-state index contributed by atoms with van der Waals surface area (Å²) < 4.78 is 1.42. The van der Waals surface area contributed by atoms with E-state index in [1.165, 1.54) is 4.40 Å². The van der Waals surface area contributed by atoms with E-state index in [0.717, 1.165) is 12.8 Å². The van der Waals surface area contributed by atoms with Crippen molar-refractivity contribution in [3.8, 4) is 0 Å². The molecule has 0 atom stereocenters. The predicted octanol–water partition coefficient (Wildman–Crippen LogP) is 0.937. The number of anilines is 1. The van der Waals surface area contributed by atoms with Gasteiger partial charge in [-0.25, -0.2) is 19.3 Å². The third-order valence-electron chi connectivity index (χ3n) is 4.05. The van der Waals surface area contributed by atoms with Crippen LogP contribution in [0.5, 0.6) is 0 Å². The molecule has 0 fully saturated rings. The molecule has 2 rings (SSSR count). The summed E-state index contributed by atoms with van der Waals surface area (Å²) in [5.41, 5.74) is 0.100. The maximum atomic E-state index is 11.5. The highest BCUT2D eigenvalue weighted by atomic mass is 16.3. The molecule has 2 aromatic rings. The summed E-state index contributed by atoms with van der Waals surface area (Å²) in [7, 11) is 0. The van der Waals surface area contributed by atoms with Crippen LogP contribution in [0.2, 0.25) is 0 Å². The Morgan fingerprint density at radius 3 is 2.75 bits per heavy atom. The summed E-state index contributed by atoms with van der Waals surface area (Å²) in [5.74, 6) is 1.24. The molecule has 0 saturated carbocycles. The van der Waals surface area contributed by atoms with Crippen LogP contribution in [0.3, 0.4) is 0 Å². The van der Waals surface area contributed by atoms with Crippen molar-refractivity contribution in [3.63, 3.8) is 0 Å². The quantitative estimate of drug-likeness (QED) is 0.731. The van der Waals surface area contributed by atoms with Crippen LogP contribution in [0, 0.1) is 12.3 Å². The van der Waals surface area contributed by atoms with Gasteiger partial charge < -0.3 is 10.4 Å². The zero-order valence-electron chi connectivity index (χ0n) is 12.1.